The van der Waals surface area contributed by atoms with Gasteiger partial charge in [0.1, 0.15) is 0 Å². The van der Waals surface area contributed by atoms with E-state index in [1.807, 2.05) is 6.92 Å². The third kappa shape index (κ3) is 2.58. The number of halogens is 1. The summed E-state index contributed by atoms with van der Waals surface area (Å²) in [5.41, 5.74) is -0.243. The highest BCUT2D eigenvalue weighted by Crippen LogP contribution is 2.30. The van der Waals surface area contributed by atoms with Gasteiger partial charge in [0.25, 0.3) is 0 Å². The largest absolute Gasteiger partial charge is 0.469 e. The van der Waals surface area contributed by atoms with Crippen molar-refractivity contribution in [3.8, 4) is 0 Å². The molecule has 78 valence electrons. The molecule has 4 heteroatoms. The fraction of sp³-hybridized carbons (Fsp3) is 0.889. The average Bonchev–Trinajstić information content (AvgIpc) is 2.17. The maximum atomic E-state index is 11.5. The Morgan fingerprint density at radius 2 is 2.31 bits per heavy atom. The zero-order valence-corrected chi connectivity index (χ0v) is 9.08. The third-order valence-corrected chi connectivity index (χ3v) is 2.77. The lowest BCUT2D eigenvalue weighted by Crippen LogP contribution is -2.45. The molecule has 1 atom stereocenters. The molecule has 1 rings (SSSR count). The number of nitrogens with one attached hydrogen (secondary N) is 1. The molecule has 1 aliphatic rings. The van der Waals surface area contributed by atoms with Gasteiger partial charge in [-0.15, -0.1) is 12.4 Å². The number of methoxy groups -OCH3 is 1. The Morgan fingerprint density at radius 3 is 2.69 bits per heavy atom. The summed E-state index contributed by atoms with van der Waals surface area (Å²) in [6.07, 6.45) is 2.90. The Kier molecular flexibility index (Phi) is 5.33. The minimum absolute atomic E-state index is 0. The number of hydrogen-bond donors (Lipinski definition) is 1. The van der Waals surface area contributed by atoms with Crippen LogP contribution in [0.25, 0.3) is 0 Å². The Bertz CT molecular complexity index is 167. The highest BCUT2D eigenvalue weighted by molar-refractivity contribution is 5.85. The summed E-state index contributed by atoms with van der Waals surface area (Å²) in [5, 5.41) is 3.24. The first-order valence-corrected chi connectivity index (χ1v) is 4.54. The highest BCUT2D eigenvalue weighted by Gasteiger charge is 2.38. The van der Waals surface area contributed by atoms with Crippen LogP contribution in [0.15, 0.2) is 0 Å². The molecule has 0 aromatic carbocycles. The lowest BCUT2D eigenvalue weighted by atomic mass is 9.78. The van der Waals surface area contributed by atoms with E-state index in [0.717, 1.165) is 32.4 Å². The molecule has 0 spiro atoms. The first kappa shape index (κ1) is 12.7. The fourth-order valence-corrected chi connectivity index (χ4v) is 1.80. The quantitative estimate of drug-likeness (QED) is 0.695. The van der Waals surface area contributed by atoms with Gasteiger partial charge in [0.2, 0.25) is 0 Å². The Hall–Kier alpha value is -0.280. The topological polar surface area (TPSA) is 38.3 Å². The van der Waals surface area contributed by atoms with Crippen LogP contribution in [0.4, 0.5) is 0 Å². The molecule has 1 fully saturated rings. The van der Waals surface area contributed by atoms with E-state index in [0.29, 0.717) is 0 Å². The molecular formula is C9H18ClNO2. The van der Waals surface area contributed by atoms with Gasteiger partial charge in [-0.1, -0.05) is 6.92 Å². The highest BCUT2D eigenvalue weighted by atomic mass is 35.5. The van der Waals surface area contributed by atoms with Gasteiger partial charge in [-0.25, -0.2) is 0 Å². The lowest BCUT2D eigenvalue weighted by Gasteiger charge is -2.33. The Morgan fingerprint density at radius 1 is 1.62 bits per heavy atom. The standard InChI is InChI=1S/C9H17NO2.ClH/c1-3-9(8(11)12-2)5-4-6-10-7-9;/h10H,3-7H2,1-2H3;1H. The van der Waals surface area contributed by atoms with E-state index in [9.17, 15) is 4.79 Å². The van der Waals surface area contributed by atoms with Gasteiger partial charge in [-0.3, -0.25) is 4.79 Å². The van der Waals surface area contributed by atoms with Crippen LogP contribution in [-0.2, 0) is 9.53 Å². The molecule has 1 saturated heterocycles. The van der Waals surface area contributed by atoms with Crippen LogP contribution < -0.4 is 5.32 Å². The van der Waals surface area contributed by atoms with E-state index < -0.39 is 0 Å². The van der Waals surface area contributed by atoms with Gasteiger partial charge in [0, 0.05) is 6.54 Å². The van der Waals surface area contributed by atoms with E-state index in [1.165, 1.54) is 7.11 Å². The predicted molar refractivity (Wildman–Crippen MR) is 54.1 cm³/mol. The summed E-state index contributed by atoms with van der Waals surface area (Å²) in [6.45, 7) is 3.85. The molecule has 0 saturated carbocycles. The number of carbonyl (C=O) groups is 1. The van der Waals surface area contributed by atoms with E-state index >= 15 is 0 Å². The molecule has 0 aromatic heterocycles. The molecule has 1 heterocycles. The van der Waals surface area contributed by atoms with Crippen LogP contribution in [0.5, 0.6) is 0 Å². The minimum atomic E-state index is -0.243. The van der Waals surface area contributed by atoms with Gasteiger partial charge in [-0.2, -0.15) is 0 Å². The Balaban J connectivity index is 0.00000144. The smallest absolute Gasteiger partial charge is 0.313 e. The summed E-state index contributed by atoms with van der Waals surface area (Å²) >= 11 is 0. The van der Waals surface area contributed by atoms with Crippen molar-refractivity contribution in [2.45, 2.75) is 26.2 Å². The van der Waals surface area contributed by atoms with Crippen LogP contribution in [0.2, 0.25) is 0 Å². The average molecular weight is 208 g/mol. The summed E-state index contributed by atoms with van der Waals surface area (Å²) < 4.78 is 4.80. The first-order chi connectivity index (χ1) is 5.75. The van der Waals surface area contributed by atoms with Gasteiger partial charge in [-0.05, 0) is 25.8 Å². The summed E-state index contributed by atoms with van der Waals surface area (Å²) in [4.78, 5) is 11.5. The molecule has 0 amide bonds. The molecule has 0 bridgehead atoms. The van der Waals surface area contributed by atoms with E-state index in [4.69, 9.17) is 4.74 Å². The summed E-state index contributed by atoms with van der Waals surface area (Å²) in [7, 11) is 1.47. The summed E-state index contributed by atoms with van der Waals surface area (Å²) in [5.74, 6) is -0.0581. The molecule has 0 aromatic rings. The second-order valence-electron chi connectivity index (χ2n) is 3.41. The number of piperidine rings is 1. The van der Waals surface area contributed by atoms with Crippen LogP contribution in [0.3, 0.4) is 0 Å². The molecule has 0 aliphatic carbocycles. The van der Waals surface area contributed by atoms with Gasteiger partial charge >= 0.3 is 5.97 Å². The molecule has 3 nitrogen and oxygen atoms in total. The SMILES string of the molecule is CCC1(C(=O)OC)CCCNC1.Cl. The first-order valence-electron chi connectivity index (χ1n) is 4.54. The van der Waals surface area contributed by atoms with Crippen molar-refractivity contribution in [1.29, 1.82) is 0 Å². The zero-order valence-electron chi connectivity index (χ0n) is 8.26. The van der Waals surface area contributed by atoms with E-state index in [1.54, 1.807) is 0 Å². The monoisotopic (exact) mass is 207 g/mol. The number of carbonyl (C=O) groups excluding carboxylic acids is 1. The maximum Gasteiger partial charge on any atom is 0.313 e. The van der Waals surface area contributed by atoms with Crippen molar-refractivity contribution in [1.82, 2.24) is 5.32 Å². The number of ether oxygens (including phenoxy) is 1. The molecular weight excluding hydrogens is 190 g/mol. The fourth-order valence-electron chi connectivity index (χ4n) is 1.80. The van der Waals surface area contributed by atoms with Crippen LogP contribution in [0, 0.1) is 5.41 Å². The molecule has 13 heavy (non-hydrogen) atoms. The van der Waals surface area contributed by atoms with Crippen molar-refractivity contribution in [2.75, 3.05) is 20.2 Å². The predicted octanol–water partition coefficient (Wildman–Crippen LogP) is 1.36. The van der Waals surface area contributed by atoms with Crippen LogP contribution in [-0.4, -0.2) is 26.2 Å². The third-order valence-electron chi connectivity index (χ3n) is 2.77. The van der Waals surface area contributed by atoms with Gasteiger partial charge in [0.15, 0.2) is 0 Å². The van der Waals surface area contributed by atoms with Crippen molar-refractivity contribution in [3.63, 3.8) is 0 Å². The molecule has 0 radical (unpaired) electrons. The van der Waals surface area contributed by atoms with Crippen LogP contribution in [0.1, 0.15) is 26.2 Å². The molecule has 1 aliphatic heterocycles. The second kappa shape index (κ2) is 5.45. The van der Waals surface area contributed by atoms with Crippen molar-refractivity contribution < 1.29 is 9.53 Å². The van der Waals surface area contributed by atoms with Crippen molar-refractivity contribution in [3.05, 3.63) is 0 Å². The molecule has 1 unspecified atom stereocenters. The van der Waals surface area contributed by atoms with Crippen LogP contribution >= 0.6 is 12.4 Å². The van der Waals surface area contributed by atoms with Crippen molar-refractivity contribution >= 4 is 18.4 Å². The number of hydrogen-bond acceptors (Lipinski definition) is 3. The summed E-state index contributed by atoms with van der Waals surface area (Å²) in [6, 6.07) is 0. The van der Waals surface area contributed by atoms with E-state index in [-0.39, 0.29) is 23.8 Å². The van der Waals surface area contributed by atoms with Gasteiger partial charge in [0.05, 0.1) is 12.5 Å². The zero-order chi connectivity index (χ0) is 9.03. The second-order valence-corrected chi connectivity index (χ2v) is 3.41. The minimum Gasteiger partial charge on any atom is -0.469 e. The lowest BCUT2D eigenvalue weighted by molar-refractivity contribution is -0.154. The number of rotatable bonds is 2. The Labute approximate surface area is 85.6 Å². The number of esters is 1. The van der Waals surface area contributed by atoms with Crippen molar-refractivity contribution in [2.24, 2.45) is 5.41 Å². The molecule has 1 N–H and O–H groups in total. The maximum absolute atomic E-state index is 11.5. The van der Waals surface area contributed by atoms with E-state index in [2.05, 4.69) is 5.32 Å². The normalized spacial score (nSPS) is 27.5. The van der Waals surface area contributed by atoms with Gasteiger partial charge < -0.3 is 10.1 Å².